The van der Waals surface area contributed by atoms with Crippen molar-refractivity contribution in [3.8, 4) is 5.75 Å². The van der Waals surface area contributed by atoms with Gasteiger partial charge >= 0.3 is 0 Å². The highest BCUT2D eigenvalue weighted by atomic mass is 35.5. The Hall–Kier alpha value is -1.26. The summed E-state index contributed by atoms with van der Waals surface area (Å²) in [4.78, 5) is 14.8. The van der Waals surface area contributed by atoms with E-state index in [1.165, 1.54) is 0 Å². The monoisotopic (exact) mass is 340 g/mol. The van der Waals surface area contributed by atoms with Crippen LogP contribution in [0.1, 0.15) is 50.0 Å². The second-order valence-electron chi connectivity index (χ2n) is 6.14. The second-order valence-corrected chi connectivity index (χ2v) is 6.14. The van der Waals surface area contributed by atoms with Crippen LogP contribution in [0.3, 0.4) is 0 Å². The molecule has 0 aromatic heterocycles. The fourth-order valence-corrected chi connectivity index (χ4v) is 3.19. The summed E-state index contributed by atoms with van der Waals surface area (Å²) in [6.45, 7) is 11.0. The number of hydrogen-bond acceptors (Lipinski definition) is 3. The number of fused-ring (bicyclic) bond motifs is 1. The Balaban J connectivity index is 0.00000264. The fraction of sp³-hybridized carbons (Fsp3) is 0.611. The molecule has 0 bridgehead atoms. The smallest absolute Gasteiger partial charge is 0.251 e. The van der Waals surface area contributed by atoms with E-state index in [1.807, 2.05) is 25.1 Å². The molecule has 1 N–H and O–H groups in total. The largest absolute Gasteiger partial charge is 0.492 e. The number of ether oxygens (including phenoxy) is 1. The molecule has 4 nitrogen and oxygen atoms in total. The Morgan fingerprint density at radius 3 is 2.74 bits per heavy atom. The predicted molar refractivity (Wildman–Crippen MR) is 96.8 cm³/mol. The Bertz CT molecular complexity index is 520. The van der Waals surface area contributed by atoms with Gasteiger partial charge in [0.1, 0.15) is 12.4 Å². The molecule has 0 radical (unpaired) electrons. The number of hydrogen-bond donors (Lipinski definition) is 1. The third-order valence-corrected chi connectivity index (χ3v) is 4.20. The van der Waals surface area contributed by atoms with Crippen LogP contribution in [0, 0.1) is 0 Å². The van der Waals surface area contributed by atoms with Crippen molar-refractivity contribution < 1.29 is 9.53 Å². The summed E-state index contributed by atoms with van der Waals surface area (Å²) in [6.07, 6.45) is 2.00. The quantitative estimate of drug-likeness (QED) is 0.864. The van der Waals surface area contributed by atoms with Crippen LogP contribution in [0.5, 0.6) is 5.75 Å². The summed E-state index contributed by atoms with van der Waals surface area (Å²) >= 11 is 0. The minimum absolute atomic E-state index is 0. The van der Waals surface area contributed by atoms with Gasteiger partial charge in [-0.25, -0.2) is 0 Å². The zero-order chi connectivity index (χ0) is 16.1. The third kappa shape index (κ3) is 4.61. The molecule has 0 saturated carbocycles. The number of halogens is 1. The molecule has 0 spiro atoms. The number of carbonyl (C=O) groups is 1. The minimum Gasteiger partial charge on any atom is -0.492 e. The lowest BCUT2D eigenvalue weighted by atomic mass is 9.95. The normalized spacial score (nSPS) is 16.5. The average molecular weight is 341 g/mol. The van der Waals surface area contributed by atoms with Gasteiger partial charge in [-0.1, -0.05) is 13.0 Å². The first-order chi connectivity index (χ1) is 10.6. The summed E-state index contributed by atoms with van der Waals surface area (Å²) in [5.74, 6) is 0.857. The van der Waals surface area contributed by atoms with Gasteiger partial charge in [0.05, 0.1) is 0 Å². The van der Waals surface area contributed by atoms with Gasteiger partial charge in [0.25, 0.3) is 5.91 Å². The van der Waals surface area contributed by atoms with Crippen molar-refractivity contribution in [1.29, 1.82) is 0 Å². The summed E-state index contributed by atoms with van der Waals surface area (Å²) in [5, 5.41) is 2.90. The van der Waals surface area contributed by atoms with Crippen molar-refractivity contribution in [2.45, 2.75) is 52.6 Å². The predicted octanol–water partition coefficient (Wildman–Crippen LogP) is 3.28. The fourth-order valence-electron chi connectivity index (χ4n) is 3.19. The molecule has 0 saturated heterocycles. The minimum atomic E-state index is -0.00446. The molecule has 0 aliphatic carbocycles. The molecule has 1 unspecified atom stereocenters. The highest BCUT2D eigenvalue weighted by Crippen LogP contribution is 2.30. The molecule has 1 amide bonds. The standard InChI is InChI=1S/C18H28N2O2.ClH/c1-5-10-20(13(3)4)14-11-16-15(18(21)19-6-2)8-7-9-17(16)22-12-14;/h7-9,13-14H,5-6,10-12H2,1-4H3,(H,19,21);1H. The molecular weight excluding hydrogens is 312 g/mol. The lowest BCUT2D eigenvalue weighted by Crippen LogP contribution is -2.47. The van der Waals surface area contributed by atoms with Crippen molar-refractivity contribution in [3.63, 3.8) is 0 Å². The van der Waals surface area contributed by atoms with Crippen LogP contribution in [-0.4, -0.2) is 42.6 Å². The number of amides is 1. The topological polar surface area (TPSA) is 41.6 Å². The molecule has 23 heavy (non-hydrogen) atoms. The first kappa shape index (κ1) is 19.8. The number of rotatable bonds is 6. The Morgan fingerprint density at radius 2 is 2.13 bits per heavy atom. The second kappa shape index (κ2) is 9.14. The number of benzene rings is 1. The molecule has 2 rings (SSSR count). The van der Waals surface area contributed by atoms with Crippen LogP contribution in [0.15, 0.2) is 18.2 Å². The van der Waals surface area contributed by atoms with E-state index in [4.69, 9.17) is 4.74 Å². The lowest BCUT2D eigenvalue weighted by molar-refractivity contribution is 0.0892. The van der Waals surface area contributed by atoms with Crippen LogP contribution in [0.2, 0.25) is 0 Å². The van der Waals surface area contributed by atoms with Crippen molar-refractivity contribution in [1.82, 2.24) is 10.2 Å². The lowest BCUT2D eigenvalue weighted by Gasteiger charge is -2.38. The van der Waals surface area contributed by atoms with Gasteiger partial charge in [0, 0.05) is 29.8 Å². The number of nitrogens with zero attached hydrogens (tertiary/aromatic N) is 1. The highest BCUT2D eigenvalue weighted by molar-refractivity contribution is 5.96. The first-order valence-electron chi connectivity index (χ1n) is 8.37. The maximum Gasteiger partial charge on any atom is 0.251 e. The average Bonchev–Trinajstić information content (AvgIpc) is 2.51. The van der Waals surface area contributed by atoms with Crippen LogP contribution in [0.25, 0.3) is 0 Å². The van der Waals surface area contributed by atoms with E-state index in [1.54, 1.807) is 0 Å². The van der Waals surface area contributed by atoms with Gasteiger partial charge in [0.15, 0.2) is 0 Å². The van der Waals surface area contributed by atoms with Gasteiger partial charge in [0.2, 0.25) is 0 Å². The van der Waals surface area contributed by atoms with E-state index < -0.39 is 0 Å². The third-order valence-electron chi connectivity index (χ3n) is 4.20. The highest BCUT2D eigenvalue weighted by Gasteiger charge is 2.29. The van der Waals surface area contributed by atoms with Gasteiger partial charge in [-0.2, -0.15) is 0 Å². The molecule has 130 valence electrons. The number of carbonyl (C=O) groups excluding carboxylic acids is 1. The maximum atomic E-state index is 12.3. The molecule has 5 heteroatoms. The zero-order valence-corrected chi connectivity index (χ0v) is 15.4. The van der Waals surface area contributed by atoms with Crippen LogP contribution in [0.4, 0.5) is 0 Å². The molecule has 1 heterocycles. The molecule has 1 aromatic rings. The Kier molecular flexibility index (Phi) is 7.86. The zero-order valence-electron chi connectivity index (χ0n) is 14.6. The van der Waals surface area contributed by atoms with Crippen molar-refractivity contribution in [3.05, 3.63) is 29.3 Å². The van der Waals surface area contributed by atoms with E-state index in [2.05, 4.69) is 31.0 Å². The van der Waals surface area contributed by atoms with E-state index >= 15 is 0 Å². The summed E-state index contributed by atoms with van der Waals surface area (Å²) in [5.41, 5.74) is 1.80. The van der Waals surface area contributed by atoms with Gasteiger partial charge < -0.3 is 10.1 Å². The van der Waals surface area contributed by atoms with Gasteiger partial charge in [-0.15, -0.1) is 12.4 Å². The van der Waals surface area contributed by atoms with Crippen LogP contribution in [-0.2, 0) is 6.42 Å². The van der Waals surface area contributed by atoms with Crippen LogP contribution < -0.4 is 10.1 Å². The molecular formula is C18H29ClN2O2. The van der Waals surface area contributed by atoms with E-state index in [0.717, 1.165) is 36.3 Å². The van der Waals surface area contributed by atoms with E-state index in [-0.39, 0.29) is 18.3 Å². The maximum absolute atomic E-state index is 12.3. The first-order valence-corrected chi connectivity index (χ1v) is 8.37. The molecule has 1 aliphatic rings. The molecule has 1 aromatic carbocycles. The van der Waals surface area contributed by atoms with Crippen LogP contribution >= 0.6 is 12.4 Å². The Labute approximate surface area is 146 Å². The summed E-state index contributed by atoms with van der Waals surface area (Å²) < 4.78 is 5.96. The Morgan fingerprint density at radius 1 is 1.39 bits per heavy atom. The SMILES string of the molecule is CCCN(C(C)C)C1COc2cccc(C(=O)NCC)c2C1.Cl. The van der Waals surface area contributed by atoms with Crippen molar-refractivity contribution in [2.75, 3.05) is 19.7 Å². The van der Waals surface area contributed by atoms with E-state index in [0.29, 0.717) is 25.2 Å². The van der Waals surface area contributed by atoms with Crippen molar-refractivity contribution >= 4 is 18.3 Å². The van der Waals surface area contributed by atoms with E-state index in [9.17, 15) is 4.79 Å². The number of nitrogens with one attached hydrogen (secondary N) is 1. The summed E-state index contributed by atoms with van der Waals surface area (Å²) in [6, 6.07) is 6.58. The van der Waals surface area contributed by atoms with Gasteiger partial charge in [-0.05, 0) is 52.3 Å². The molecule has 1 aliphatic heterocycles. The molecule has 0 fully saturated rings. The molecule has 1 atom stereocenters. The van der Waals surface area contributed by atoms with Crippen molar-refractivity contribution in [2.24, 2.45) is 0 Å². The van der Waals surface area contributed by atoms with Gasteiger partial charge in [-0.3, -0.25) is 9.69 Å². The summed E-state index contributed by atoms with van der Waals surface area (Å²) in [7, 11) is 0.